The van der Waals surface area contributed by atoms with E-state index < -0.39 is 15.3 Å². The molecule has 0 N–H and O–H groups in total. The molecule has 2 unspecified atom stereocenters. The number of sulfonamides is 1. The molecular formula is C23H32N4O4S. The van der Waals surface area contributed by atoms with Crippen molar-refractivity contribution in [2.24, 2.45) is 5.92 Å². The van der Waals surface area contributed by atoms with Crippen molar-refractivity contribution in [3.63, 3.8) is 0 Å². The number of ether oxygens (including phenoxy) is 1. The van der Waals surface area contributed by atoms with Crippen LogP contribution in [0, 0.1) is 5.92 Å². The van der Waals surface area contributed by atoms with E-state index in [-0.39, 0.29) is 11.7 Å². The van der Waals surface area contributed by atoms with Crippen LogP contribution in [0.2, 0.25) is 0 Å². The molecule has 1 aliphatic carbocycles. The Morgan fingerprint density at radius 3 is 2.34 bits per heavy atom. The van der Waals surface area contributed by atoms with Crippen LogP contribution in [-0.2, 0) is 10.0 Å². The van der Waals surface area contributed by atoms with Crippen LogP contribution in [0.25, 0.3) is 5.69 Å². The number of para-hydroxylation sites is 1. The van der Waals surface area contributed by atoms with Crippen molar-refractivity contribution in [3.8, 4) is 11.4 Å². The van der Waals surface area contributed by atoms with E-state index in [1.165, 1.54) is 8.99 Å². The van der Waals surface area contributed by atoms with Crippen molar-refractivity contribution in [2.75, 3.05) is 31.1 Å². The lowest BCUT2D eigenvalue weighted by atomic mass is 10.1. The van der Waals surface area contributed by atoms with Gasteiger partial charge in [0, 0.05) is 26.2 Å². The summed E-state index contributed by atoms with van der Waals surface area (Å²) in [5, 5.41) is 3.97. The molecule has 9 heteroatoms. The van der Waals surface area contributed by atoms with Crippen molar-refractivity contribution < 1.29 is 13.2 Å². The van der Waals surface area contributed by atoms with Crippen LogP contribution in [0.5, 0.6) is 5.75 Å². The highest BCUT2D eigenvalue weighted by Crippen LogP contribution is 2.32. The first-order valence-corrected chi connectivity index (χ1v) is 12.9. The summed E-state index contributed by atoms with van der Waals surface area (Å²) in [7, 11) is -3.30. The van der Waals surface area contributed by atoms with E-state index in [0.717, 1.165) is 19.3 Å². The molecule has 2 atom stereocenters. The van der Waals surface area contributed by atoms with Crippen LogP contribution in [0.4, 0.5) is 5.69 Å². The highest BCUT2D eigenvalue weighted by Gasteiger charge is 2.32. The Bertz CT molecular complexity index is 1090. The van der Waals surface area contributed by atoms with Crippen molar-refractivity contribution in [2.45, 2.75) is 51.4 Å². The van der Waals surface area contributed by atoms with Gasteiger partial charge >= 0.3 is 5.56 Å². The van der Waals surface area contributed by atoms with E-state index in [2.05, 4.69) is 12.0 Å². The van der Waals surface area contributed by atoms with Crippen LogP contribution >= 0.6 is 0 Å². The van der Waals surface area contributed by atoms with Gasteiger partial charge in [-0.05, 0) is 51.2 Å². The van der Waals surface area contributed by atoms with Crippen LogP contribution < -0.4 is 15.2 Å². The first kappa shape index (κ1) is 22.8. The first-order valence-electron chi connectivity index (χ1n) is 11.4. The number of hydrogen-bond donors (Lipinski definition) is 0. The summed E-state index contributed by atoms with van der Waals surface area (Å²) in [5.74, 6) is 0.884. The second-order valence-corrected chi connectivity index (χ2v) is 11.5. The summed E-state index contributed by atoms with van der Waals surface area (Å²) in [6.07, 6.45) is 4.62. The number of piperazine rings is 1. The molecule has 4 rings (SSSR count). The predicted molar refractivity (Wildman–Crippen MR) is 125 cm³/mol. The maximum atomic E-state index is 13.5. The van der Waals surface area contributed by atoms with Gasteiger partial charge in [-0.1, -0.05) is 25.1 Å². The summed E-state index contributed by atoms with van der Waals surface area (Å²) in [6, 6.07) is 9.30. The Labute approximate surface area is 189 Å². The monoisotopic (exact) mass is 460 g/mol. The zero-order chi connectivity index (χ0) is 22.9. The van der Waals surface area contributed by atoms with Crippen molar-refractivity contribution >= 4 is 15.7 Å². The van der Waals surface area contributed by atoms with E-state index in [9.17, 15) is 13.2 Å². The van der Waals surface area contributed by atoms with Gasteiger partial charge in [-0.2, -0.15) is 14.1 Å². The first-order chi connectivity index (χ1) is 15.3. The molecule has 1 saturated heterocycles. The second kappa shape index (κ2) is 9.23. The lowest BCUT2D eigenvalue weighted by Gasteiger charge is -2.36. The molecule has 0 spiro atoms. The Balaban J connectivity index is 1.64. The Kier molecular flexibility index (Phi) is 6.57. The summed E-state index contributed by atoms with van der Waals surface area (Å²) < 4.78 is 34.3. The van der Waals surface area contributed by atoms with Gasteiger partial charge in [0.25, 0.3) is 0 Å². The van der Waals surface area contributed by atoms with Crippen molar-refractivity contribution in [1.82, 2.24) is 14.1 Å². The molecule has 174 valence electrons. The quantitative estimate of drug-likeness (QED) is 0.659. The molecule has 8 nitrogen and oxygen atoms in total. The third-order valence-corrected chi connectivity index (χ3v) is 8.66. The fraction of sp³-hybridized carbons (Fsp3) is 0.565. The molecule has 2 aromatic rings. The maximum absolute atomic E-state index is 13.5. The number of rotatable bonds is 6. The molecular weight excluding hydrogens is 428 g/mol. The molecule has 0 radical (unpaired) electrons. The highest BCUT2D eigenvalue weighted by molar-refractivity contribution is 7.89. The van der Waals surface area contributed by atoms with E-state index in [1.54, 1.807) is 20.0 Å². The second-order valence-electron chi connectivity index (χ2n) is 9.05. The summed E-state index contributed by atoms with van der Waals surface area (Å²) >= 11 is 0. The molecule has 0 amide bonds. The van der Waals surface area contributed by atoms with E-state index in [1.807, 2.05) is 35.2 Å². The lowest BCUT2D eigenvalue weighted by molar-refractivity contribution is 0.201. The molecule has 1 aromatic carbocycles. The van der Waals surface area contributed by atoms with E-state index >= 15 is 0 Å². The van der Waals surface area contributed by atoms with Crippen LogP contribution in [0.1, 0.15) is 40.0 Å². The minimum atomic E-state index is -3.30. The van der Waals surface area contributed by atoms with Gasteiger partial charge in [-0.25, -0.2) is 8.42 Å². The zero-order valence-electron chi connectivity index (χ0n) is 19.0. The normalized spacial score (nSPS) is 22.4. The topological polar surface area (TPSA) is 84.7 Å². The minimum Gasteiger partial charge on any atom is -0.483 e. The molecule has 2 fully saturated rings. The lowest BCUT2D eigenvalue weighted by Crippen LogP contribution is -2.50. The molecule has 2 aliphatic rings. The number of hydrogen-bond acceptors (Lipinski definition) is 6. The highest BCUT2D eigenvalue weighted by atomic mass is 32.2. The number of anilines is 1. The molecule has 1 aliphatic heterocycles. The smallest absolute Gasteiger partial charge is 0.316 e. The number of nitrogens with zero attached hydrogens (tertiary/aromatic N) is 4. The van der Waals surface area contributed by atoms with Gasteiger partial charge in [0.1, 0.15) is 5.69 Å². The molecule has 2 heterocycles. The summed E-state index contributed by atoms with van der Waals surface area (Å²) in [4.78, 5) is 15.5. The largest absolute Gasteiger partial charge is 0.483 e. The molecule has 1 aromatic heterocycles. The maximum Gasteiger partial charge on any atom is 0.316 e. The molecule has 0 bridgehead atoms. The van der Waals surface area contributed by atoms with Crippen LogP contribution in [0.15, 0.2) is 41.3 Å². The Morgan fingerprint density at radius 1 is 1.06 bits per heavy atom. The van der Waals surface area contributed by atoms with Crippen molar-refractivity contribution in [1.29, 1.82) is 0 Å². The standard InChI is InChI=1S/C23H32N4O4S/c1-17(2)32(29,30)26-13-11-25(12-14-26)21-16-24-27(19-7-5-4-6-8-19)23(28)22(21)31-20-10-9-18(3)15-20/h4-8,16-18,20H,9-15H2,1-3H3. The zero-order valence-corrected chi connectivity index (χ0v) is 19.8. The molecule has 32 heavy (non-hydrogen) atoms. The SMILES string of the molecule is CC1CCC(Oc2c(N3CCN(S(=O)(=O)C(C)C)CC3)cnn(-c3ccccc3)c2=O)C1. The Hall–Kier alpha value is -2.39. The average Bonchev–Trinajstić information content (AvgIpc) is 3.20. The van der Waals surface area contributed by atoms with E-state index in [0.29, 0.717) is 49.2 Å². The van der Waals surface area contributed by atoms with Gasteiger partial charge in [0.05, 0.1) is 23.2 Å². The van der Waals surface area contributed by atoms with Gasteiger partial charge in [0.2, 0.25) is 15.8 Å². The minimum absolute atomic E-state index is 0.00526. The average molecular weight is 461 g/mol. The molecule has 1 saturated carbocycles. The van der Waals surface area contributed by atoms with Crippen molar-refractivity contribution in [3.05, 3.63) is 46.9 Å². The number of benzene rings is 1. The fourth-order valence-electron chi connectivity index (χ4n) is 4.43. The third kappa shape index (κ3) is 4.54. The van der Waals surface area contributed by atoms with Gasteiger partial charge < -0.3 is 9.64 Å². The summed E-state index contributed by atoms with van der Waals surface area (Å²) in [6.45, 7) is 7.32. The fourth-order valence-corrected chi connectivity index (χ4v) is 5.70. The predicted octanol–water partition coefficient (Wildman–Crippen LogP) is 2.66. The third-order valence-electron chi connectivity index (χ3n) is 6.38. The van der Waals surface area contributed by atoms with Crippen LogP contribution in [-0.4, -0.2) is 60.0 Å². The van der Waals surface area contributed by atoms with Gasteiger partial charge in [-0.3, -0.25) is 4.79 Å². The van der Waals surface area contributed by atoms with Gasteiger partial charge in [0.15, 0.2) is 0 Å². The summed E-state index contributed by atoms with van der Waals surface area (Å²) in [5.41, 5.74) is 1.04. The van der Waals surface area contributed by atoms with Crippen LogP contribution in [0.3, 0.4) is 0 Å². The Morgan fingerprint density at radius 2 is 1.75 bits per heavy atom. The van der Waals surface area contributed by atoms with Gasteiger partial charge in [-0.15, -0.1) is 0 Å². The van der Waals surface area contributed by atoms with E-state index in [4.69, 9.17) is 4.74 Å². The number of aromatic nitrogens is 2.